The molecule has 102 valence electrons. The normalized spacial score (nSPS) is 57.7. The van der Waals surface area contributed by atoms with E-state index in [1.807, 2.05) is 0 Å². The van der Waals surface area contributed by atoms with Crippen LogP contribution in [0.2, 0.25) is 0 Å². The molecule has 0 N–H and O–H groups in total. The summed E-state index contributed by atoms with van der Waals surface area (Å²) in [5.74, 6) is 0.729. The fourth-order valence-electron chi connectivity index (χ4n) is 5.19. The molecule has 0 aromatic heterocycles. The zero-order valence-electron chi connectivity index (χ0n) is 11.5. The first kappa shape index (κ1) is 11.7. The zero-order valence-corrected chi connectivity index (χ0v) is 11.5. The van der Waals surface area contributed by atoms with Crippen LogP contribution in [0.25, 0.3) is 0 Å². The molecule has 3 nitrogen and oxygen atoms in total. The molecule has 6 atom stereocenters. The van der Waals surface area contributed by atoms with Crippen LogP contribution in [-0.4, -0.2) is 30.7 Å². The molecule has 0 unspecified atom stereocenters. The van der Waals surface area contributed by atoms with E-state index < -0.39 is 0 Å². The monoisotopic (exact) mass is 252 g/mol. The summed E-state index contributed by atoms with van der Waals surface area (Å²) in [5, 5.41) is 0. The third-order valence-corrected chi connectivity index (χ3v) is 6.18. The van der Waals surface area contributed by atoms with Crippen molar-refractivity contribution in [3.8, 4) is 0 Å². The van der Waals surface area contributed by atoms with E-state index in [-0.39, 0.29) is 17.3 Å². The van der Waals surface area contributed by atoms with Gasteiger partial charge in [0.25, 0.3) is 0 Å². The van der Waals surface area contributed by atoms with Crippen molar-refractivity contribution < 1.29 is 14.2 Å². The highest BCUT2D eigenvalue weighted by Crippen LogP contribution is 2.69. The molecule has 4 rings (SSSR count). The lowest BCUT2D eigenvalue weighted by molar-refractivity contribution is -0.273. The summed E-state index contributed by atoms with van der Waals surface area (Å²) in [5.41, 5.74) is 0.428. The van der Waals surface area contributed by atoms with Crippen LogP contribution in [0.15, 0.2) is 0 Å². The quantitative estimate of drug-likeness (QED) is 0.708. The van der Waals surface area contributed by atoms with Crippen LogP contribution in [0, 0.1) is 11.3 Å². The standard InChI is InChI=1S/C15H24O3/c1-3-16-13-9-10-6-7-12-15(18-12)8-4-5-11(17-13)14(10,15)2/h10-13H,3-9H2,1-2H3/t10-,11-,12+,13-,14+,15+/m1/s1. The Hall–Kier alpha value is -0.120. The number of ether oxygens (including phenoxy) is 3. The molecule has 0 amide bonds. The molecule has 2 saturated heterocycles. The van der Waals surface area contributed by atoms with Crippen molar-refractivity contribution in [2.45, 2.75) is 76.5 Å². The van der Waals surface area contributed by atoms with Gasteiger partial charge in [-0.3, -0.25) is 0 Å². The molecule has 2 saturated carbocycles. The lowest BCUT2D eigenvalue weighted by atomic mass is 9.52. The summed E-state index contributed by atoms with van der Waals surface area (Å²) in [6.07, 6.45) is 8.24. The lowest BCUT2D eigenvalue weighted by Gasteiger charge is -2.57. The van der Waals surface area contributed by atoms with Gasteiger partial charge in [0.1, 0.15) is 5.60 Å². The first-order valence-electron chi connectivity index (χ1n) is 7.65. The Morgan fingerprint density at radius 1 is 1.22 bits per heavy atom. The van der Waals surface area contributed by atoms with Crippen LogP contribution in [0.1, 0.15) is 52.4 Å². The highest BCUT2D eigenvalue weighted by atomic mass is 16.7. The molecule has 0 bridgehead atoms. The van der Waals surface area contributed by atoms with E-state index in [4.69, 9.17) is 14.2 Å². The summed E-state index contributed by atoms with van der Waals surface area (Å²) in [6.45, 7) is 5.24. The highest BCUT2D eigenvalue weighted by molar-refractivity contribution is 5.22. The molecule has 4 aliphatic rings. The second kappa shape index (κ2) is 3.71. The van der Waals surface area contributed by atoms with Crippen molar-refractivity contribution in [1.29, 1.82) is 0 Å². The SMILES string of the molecule is CCO[C@H]1C[C@H]2CC[C@@H]3O[C@@]34CCC[C@@H](O1)[C@]24C. The maximum absolute atomic E-state index is 6.26. The van der Waals surface area contributed by atoms with Crippen LogP contribution in [0.3, 0.4) is 0 Å². The predicted molar refractivity (Wildman–Crippen MR) is 67.2 cm³/mol. The molecule has 3 heteroatoms. The van der Waals surface area contributed by atoms with Crippen LogP contribution in [-0.2, 0) is 14.2 Å². The second-order valence-corrected chi connectivity index (χ2v) is 6.69. The Morgan fingerprint density at radius 2 is 2.11 bits per heavy atom. The van der Waals surface area contributed by atoms with Gasteiger partial charge in [0.15, 0.2) is 6.29 Å². The van der Waals surface area contributed by atoms with Gasteiger partial charge < -0.3 is 14.2 Å². The highest BCUT2D eigenvalue weighted by Gasteiger charge is 2.75. The first-order valence-corrected chi connectivity index (χ1v) is 7.65. The van der Waals surface area contributed by atoms with Gasteiger partial charge in [-0.2, -0.15) is 0 Å². The van der Waals surface area contributed by atoms with E-state index in [9.17, 15) is 0 Å². The molecule has 0 aromatic rings. The van der Waals surface area contributed by atoms with Gasteiger partial charge in [-0.05, 0) is 44.9 Å². The minimum atomic E-state index is 0.0310. The minimum Gasteiger partial charge on any atom is -0.365 e. The maximum atomic E-state index is 6.26. The van der Waals surface area contributed by atoms with Crippen LogP contribution < -0.4 is 0 Å². The molecular formula is C15H24O3. The van der Waals surface area contributed by atoms with Crippen molar-refractivity contribution in [3.05, 3.63) is 0 Å². The van der Waals surface area contributed by atoms with E-state index in [0.717, 1.165) is 18.9 Å². The summed E-state index contributed by atoms with van der Waals surface area (Å²) in [6, 6.07) is 0. The smallest absolute Gasteiger partial charge is 0.158 e. The van der Waals surface area contributed by atoms with Crippen molar-refractivity contribution in [1.82, 2.24) is 0 Å². The average molecular weight is 252 g/mol. The Bertz CT molecular complexity index is 348. The second-order valence-electron chi connectivity index (χ2n) is 6.69. The summed E-state index contributed by atoms with van der Waals surface area (Å²) in [4.78, 5) is 0. The predicted octanol–water partition coefficient (Wildman–Crippen LogP) is 2.88. The zero-order chi connectivity index (χ0) is 12.4. The van der Waals surface area contributed by atoms with Crippen molar-refractivity contribution in [2.24, 2.45) is 11.3 Å². The Morgan fingerprint density at radius 3 is 2.94 bits per heavy atom. The third-order valence-electron chi connectivity index (χ3n) is 6.18. The third kappa shape index (κ3) is 1.26. The maximum Gasteiger partial charge on any atom is 0.158 e. The molecule has 4 fully saturated rings. The Balaban J connectivity index is 1.66. The Labute approximate surface area is 109 Å². The van der Waals surface area contributed by atoms with Crippen LogP contribution in [0.5, 0.6) is 0 Å². The number of hydrogen-bond acceptors (Lipinski definition) is 3. The van der Waals surface area contributed by atoms with E-state index >= 15 is 0 Å². The van der Waals surface area contributed by atoms with E-state index in [0.29, 0.717) is 12.2 Å². The Kier molecular flexibility index (Phi) is 2.41. The topological polar surface area (TPSA) is 31.0 Å². The van der Waals surface area contributed by atoms with Gasteiger partial charge in [0.05, 0.1) is 12.2 Å². The summed E-state index contributed by atoms with van der Waals surface area (Å²) >= 11 is 0. The van der Waals surface area contributed by atoms with E-state index in [2.05, 4.69) is 13.8 Å². The van der Waals surface area contributed by atoms with E-state index in [1.165, 1.54) is 32.1 Å². The van der Waals surface area contributed by atoms with Crippen molar-refractivity contribution in [2.75, 3.05) is 6.61 Å². The van der Waals surface area contributed by atoms with E-state index in [1.54, 1.807) is 0 Å². The van der Waals surface area contributed by atoms with Crippen molar-refractivity contribution >= 4 is 0 Å². The van der Waals surface area contributed by atoms with Gasteiger partial charge in [-0.25, -0.2) is 0 Å². The molecule has 2 aliphatic heterocycles. The molecular weight excluding hydrogens is 228 g/mol. The average Bonchev–Trinajstić information content (AvgIpc) is 3.05. The summed E-state index contributed by atoms with van der Waals surface area (Å²) < 4.78 is 18.2. The largest absolute Gasteiger partial charge is 0.365 e. The van der Waals surface area contributed by atoms with Gasteiger partial charge in [-0.15, -0.1) is 0 Å². The number of epoxide rings is 1. The van der Waals surface area contributed by atoms with Crippen molar-refractivity contribution in [3.63, 3.8) is 0 Å². The fraction of sp³-hybridized carbons (Fsp3) is 1.00. The van der Waals surface area contributed by atoms with Crippen LogP contribution >= 0.6 is 0 Å². The minimum absolute atomic E-state index is 0.0310. The van der Waals surface area contributed by atoms with Crippen LogP contribution in [0.4, 0.5) is 0 Å². The van der Waals surface area contributed by atoms with Gasteiger partial charge in [-0.1, -0.05) is 6.92 Å². The molecule has 2 aliphatic carbocycles. The summed E-state index contributed by atoms with van der Waals surface area (Å²) in [7, 11) is 0. The molecule has 1 spiro atoms. The van der Waals surface area contributed by atoms with Gasteiger partial charge in [0.2, 0.25) is 0 Å². The lowest BCUT2D eigenvalue weighted by Crippen LogP contribution is -2.61. The first-order chi connectivity index (χ1) is 8.70. The number of hydrogen-bond donors (Lipinski definition) is 0. The van der Waals surface area contributed by atoms with Gasteiger partial charge in [0, 0.05) is 18.4 Å². The number of rotatable bonds is 2. The molecule has 2 heterocycles. The fourth-order valence-corrected chi connectivity index (χ4v) is 5.19. The van der Waals surface area contributed by atoms with Gasteiger partial charge >= 0.3 is 0 Å². The molecule has 18 heavy (non-hydrogen) atoms. The molecule has 0 radical (unpaired) electrons. The molecule has 0 aromatic carbocycles.